The van der Waals surface area contributed by atoms with Gasteiger partial charge in [-0.25, -0.2) is 8.78 Å². The highest BCUT2D eigenvalue weighted by atomic mass is 19.2. The van der Waals surface area contributed by atoms with Crippen LogP contribution >= 0.6 is 0 Å². The van der Waals surface area contributed by atoms with Gasteiger partial charge in [-0.2, -0.15) is 0 Å². The van der Waals surface area contributed by atoms with Crippen molar-refractivity contribution in [2.45, 2.75) is 53.0 Å². The summed E-state index contributed by atoms with van der Waals surface area (Å²) in [5.74, 6) is -1.48. The summed E-state index contributed by atoms with van der Waals surface area (Å²) in [5.41, 5.74) is 0.213. The third-order valence-electron chi connectivity index (χ3n) is 3.03. The molecule has 0 saturated carbocycles. The van der Waals surface area contributed by atoms with Crippen LogP contribution in [0, 0.1) is 11.6 Å². The number of hydrogen-bond donors (Lipinski definition) is 1. The van der Waals surface area contributed by atoms with Gasteiger partial charge in [0, 0.05) is 11.1 Å². The topological polar surface area (TPSA) is 12.0 Å². The lowest BCUT2D eigenvalue weighted by atomic mass is 9.91. The number of nitrogens with one attached hydrogen (secondary N) is 1. The van der Waals surface area contributed by atoms with Crippen LogP contribution in [0.3, 0.4) is 0 Å². The Bertz CT molecular complexity index is 384. The highest BCUT2D eigenvalue weighted by Gasteiger charge is 2.25. The van der Waals surface area contributed by atoms with Gasteiger partial charge in [-0.05, 0) is 32.4 Å². The van der Waals surface area contributed by atoms with E-state index in [0.29, 0.717) is 11.1 Å². The predicted octanol–water partition coefficient (Wildman–Crippen LogP) is 4.57. The summed E-state index contributed by atoms with van der Waals surface area (Å²) < 4.78 is 27.7. The molecule has 0 atom stereocenters. The first-order valence-corrected chi connectivity index (χ1v) is 6.48. The Morgan fingerprint density at radius 2 is 1.56 bits per heavy atom. The molecule has 0 heterocycles. The van der Waals surface area contributed by atoms with Gasteiger partial charge >= 0.3 is 0 Å². The maximum Gasteiger partial charge on any atom is 0.164 e. The van der Waals surface area contributed by atoms with Crippen molar-refractivity contribution in [1.29, 1.82) is 0 Å². The van der Waals surface area contributed by atoms with Crippen LogP contribution in [0.5, 0.6) is 0 Å². The van der Waals surface area contributed by atoms with E-state index in [4.69, 9.17) is 0 Å². The minimum Gasteiger partial charge on any atom is -0.311 e. The fourth-order valence-electron chi connectivity index (χ4n) is 1.63. The fraction of sp³-hybridized carbons (Fsp3) is 0.600. The zero-order valence-corrected chi connectivity index (χ0v) is 12.5. The van der Waals surface area contributed by atoms with E-state index in [9.17, 15) is 8.78 Å². The van der Waals surface area contributed by atoms with Crippen LogP contribution in [-0.4, -0.2) is 7.05 Å². The first-order valence-electron chi connectivity index (χ1n) is 6.48. The largest absolute Gasteiger partial charge is 0.311 e. The standard InChI is InChI=1S/C13H19F2N.C2H6/c1-8(2)9-6-7-10(12(15)11(9)14)13(3,4)16-5;1-2/h6-8,16H,1-5H3;1-2H3. The summed E-state index contributed by atoms with van der Waals surface area (Å²) in [5, 5.41) is 2.97. The monoisotopic (exact) mass is 257 g/mol. The molecule has 0 amide bonds. The highest BCUT2D eigenvalue weighted by molar-refractivity contribution is 5.32. The predicted molar refractivity (Wildman–Crippen MR) is 73.9 cm³/mol. The van der Waals surface area contributed by atoms with E-state index in [1.807, 2.05) is 41.5 Å². The van der Waals surface area contributed by atoms with Crippen LogP contribution < -0.4 is 5.32 Å². The normalized spacial score (nSPS) is 11.2. The first-order chi connectivity index (χ1) is 8.31. The number of benzene rings is 1. The minimum absolute atomic E-state index is 0.0127. The van der Waals surface area contributed by atoms with Crippen LogP contribution in [0.15, 0.2) is 12.1 Å². The van der Waals surface area contributed by atoms with Gasteiger partial charge in [-0.1, -0.05) is 39.8 Å². The smallest absolute Gasteiger partial charge is 0.164 e. The summed E-state index contributed by atoms with van der Waals surface area (Å²) in [6.45, 7) is 11.3. The van der Waals surface area contributed by atoms with Gasteiger partial charge in [0.1, 0.15) is 0 Å². The van der Waals surface area contributed by atoms with E-state index in [1.54, 1.807) is 19.2 Å². The zero-order chi connectivity index (χ0) is 14.5. The van der Waals surface area contributed by atoms with E-state index in [-0.39, 0.29) is 5.92 Å². The lowest BCUT2D eigenvalue weighted by molar-refractivity contribution is 0.399. The second-order valence-corrected chi connectivity index (χ2v) is 4.86. The van der Waals surface area contributed by atoms with Crippen molar-refractivity contribution in [3.63, 3.8) is 0 Å². The highest BCUT2D eigenvalue weighted by Crippen LogP contribution is 2.28. The molecule has 1 N–H and O–H groups in total. The molecule has 1 aromatic rings. The van der Waals surface area contributed by atoms with E-state index < -0.39 is 17.2 Å². The molecule has 18 heavy (non-hydrogen) atoms. The molecule has 0 aliphatic rings. The summed E-state index contributed by atoms with van der Waals surface area (Å²) in [7, 11) is 1.73. The van der Waals surface area contributed by atoms with Crippen molar-refractivity contribution < 1.29 is 8.78 Å². The Kier molecular flexibility index (Phi) is 6.47. The van der Waals surface area contributed by atoms with Crippen molar-refractivity contribution in [2.24, 2.45) is 0 Å². The molecule has 104 valence electrons. The van der Waals surface area contributed by atoms with Crippen molar-refractivity contribution >= 4 is 0 Å². The van der Waals surface area contributed by atoms with Crippen molar-refractivity contribution in [3.05, 3.63) is 34.9 Å². The van der Waals surface area contributed by atoms with Gasteiger partial charge in [0.2, 0.25) is 0 Å². The van der Waals surface area contributed by atoms with Crippen LogP contribution in [0.1, 0.15) is 58.6 Å². The Hall–Kier alpha value is -0.960. The Morgan fingerprint density at radius 1 is 1.06 bits per heavy atom. The molecular weight excluding hydrogens is 232 g/mol. The van der Waals surface area contributed by atoms with Crippen molar-refractivity contribution in [1.82, 2.24) is 5.32 Å². The maximum absolute atomic E-state index is 13.9. The quantitative estimate of drug-likeness (QED) is 0.836. The average Bonchev–Trinajstić information content (AvgIpc) is 2.34. The third kappa shape index (κ3) is 3.52. The van der Waals surface area contributed by atoms with E-state index >= 15 is 0 Å². The lowest BCUT2D eigenvalue weighted by Gasteiger charge is -2.26. The molecule has 0 spiro atoms. The van der Waals surface area contributed by atoms with Gasteiger partial charge in [0.05, 0.1) is 0 Å². The zero-order valence-electron chi connectivity index (χ0n) is 12.5. The van der Waals surface area contributed by atoms with Crippen LogP contribution in [0.25, 0.3) is 0 Å². The first kappa shape index (κ1) is 17.0. The fourth-order valence-corrected chi connectivity index (χ4v) is 1.63. The summed E-state index contributed by atoms with van der Waals surface area (Å²) >= 11 is 0. The molecule has 1 rings (SSSR count). The summed E-state index contributed by atoms with van der Waals surface area (Å²) in [6.07, 6.45) is 0. The molecule has 0 bridgehead atoms. The van der Waals surface area contributed by atoms with E-state index in [2.05, 4.69) is 5.32 Å². The molecular formula is C15H25F2N. The summed E-state index contributed by atoms with van der Waals surface area (Å²) in [4.78, 5) is 0. The molecule has 0 aliphatic carbocycles. The van der Waals surface area contributed by atoms with E-state index in [0.717, 1.165) is 0 Å². The molecule has 0 radical (unpaired) electrons. The van der Waals surface area contributed by atoms with Gasteiger partial charge in [-0.3, -0.25) is 0 Å². The molecule has 0 aliphatic heterocycles. The molecule has 1 aromatic carbocycles. The van der Waals surface area contributed by atoms with Gasteiger partial charge in [0.15, 0.2) is 11.6 Å². The second kappa shape index (κ2) is 6.83. The van der Waals surface area contributed by atoms with Crippen molar-refractivity contribution in [2.75, 3.05) is 7.05 Å². The number of rotatable bonds is 3. The molecule has 1 nitrogen and oxygen atoms in total. The van der Waals surface area contributed by atoms with E-state index in [1.165, 1.54) is 0 Å². The molecule has 0 saturated heterocycles. The Labute approximate surface area is 110 Å². The molecule has 0 fully saturated rings. The van der Waals surface area contributed by atoms with Gasteiger partial charge in [-0.15, -0.1) is 0 Å². The maximum atomic E-state index is 13.9. The van der Waals surface area contributed by atoms with Gasteiger partial charge in [0.25, 0.3) is 0 Å². The SMILES string of the molecule is CC.CNC(C)(C)c1ccc(C(C)C)c(F)c1F. The molecule has 0 unspecified atom stereocenters. The summed E-state index contributed by atoms with van der Waals surface area (Å²) in [6, 6.07) is 3.32. The minimum atomic E-state index is -0.745. The number of hydrogen-bond acceptors (Lipinski definition) is 1. The Balaban J connectivity index is 0.00000137. The molecule has 3 heteroatoms. The van der Waals surface area contributed by atoms with Crippen LogP contribution in [-0.2, 0) is 5.54 Å². The van der Waals surface area contributed by atoms with Crippen LogP contribution in [0.4, 0.5) is 8.78 Å². The van der Waals surface area contributed by atoms with Crippen LogP contribution in [0.2, 0.25) is 0 Å². The lowest BCUT2D eigenvalue weighted by Crippen LogP contribution is -2.34. The second-order valence-electron chi connectivity index (χ2n) is 4.86. The Morgan fingerprint density at radius 3 is 1.94 bits per heavy atom. The van der Waals surface area contributed by atoms with Gasteiger partial charge < -0.3 is 5.32 Å². The number of halogens is 2. The third-order valence-corrected chi connectivity index (χ3v) is 3.03. The average molecular weight is 257 g/mol. The molecule has 0 aromatic heterocycles. The van der Waals surface area contributed by atoms with Crippen molar-refractivity contribution in [3.8, 4) is 0 Å².